The van der Waals surface area contributed by atoms with Crippen molar-refractivity contribution in [1.82, 2.24) is 9.97 Å². The summed E-state index contributed by atoms with van der Waals surface area (Å²) in [5, 5.41) is 0.677. The zero-order chi connectivity index (χ0) is 21.8. The fourth-order valence-corrected chi connectivity index (χ4v) is 4.33. The summed E-state index contributed by atoms with van der Waals surface area (Å²) in [4.78, 5) is 24.1. The number of ether oxygens (including phenoxy) is 1. The van der Waals surface area contributed by atoms with Gasteiger partial charge < -0.3 is 4.74 Å². The molecule has 2 heterocycles. The Hall–Kier alpha value is -3.25. The van der Waals surface area contributed by atoms with Gasteiger partial charge in [0, 0.05) is 18.5 Å². The minimum atomic E-state index is 0.00664. The van der Waals surface area contributed by atoms with E-state index in [-0.39, 0.29) is 5.91 Å². The van der Waals surface area contributed by atoms with E-state index in [1.165, 1.54) is 16.9 Å². The van der Waals surface area contributed by atoms with Crippen LogP contribution in [0, 0.1) is 0 Å². The van der Waals surface area contributed by atoms with Gasteiger partial charge in [0.15, 0.2) is 5.13 Å². The van der Waals surface area contributed by atoms with E-state index in [1.54, 1.807) is 24.4 Å². The lowest BCUT2D eigenvalue weighted by atomic mass is 10.0. The first-order chi connectivity index (χ1) is 15.0. The molecule has 0 saturated heterocycles. The number of nitrogens with zero attached hydrogens (tertiary/aromatic N) is 3. The van der Waals surface area contributed by atoms with Crippen LogP contribution in [0.1, 0.15) is 36.5 Å². The number of pyridine rings is 1. The average molecular weight is 432 g/mol. The molecule has 0 N–H and O–H groups in total. The molecule has 1 amide bonds. The Balaban J connectivity index is 1.64. The van der Waals surface area contributed by atoms with Gasteiger partial charge in [0.25, 0.3) is 0 Å². The van der Waals surface area contributed by atoms with Crippen LogP contribution >= 0.6 is 11.3 Å². The van der Waals surface area contributed by atoms with Crippen LogP contribution < -0.4 is 9.64 Å². The van der Waals surface area contributed by atoms with Crippen molar-refractivity contribution in [3.8, 4) is 5.75 Å². The fraction of sp³-hybridized carbons (Fsp3) is 0.240. The highest BCUT2D eigenvalue weighted by Gasteiger charge is 2.21. The molecule has 0 fully saturated rings. The average Bonchev–Trinajstić information content (AvgIpc) is 3.21. The lowest BCUT2D eigenvalue weighted by Gasteiger charge is -2.20. The van der Waals surface area contributed by atoms with Gasteiger partial charge >= 0.3 is 0 Å². The Morgan fingerprint density at radius 1 is 1.10 bits per heavy atom. The highest BCUT2D eigenvalue weighted by atomic mass is 32.1. The third kappa shape index (κ3) is 4.91. The molecular formula is C25H25N3O2S. The van der Waals surface area contributed by atoms with Crippen molar-refractivity contribution >= 4 is 32.6 Å². The number of hydrogen-bond donors (Lipinski definition) is 0. The normalized spacial score (nSPS) is 11.1. The molecule has 0 aliphatic heterocycles. The third-order valence-corrected chi connectivity index (χ3v) is 6.24. The van der Waals surface area contributed by atoms with Crippen LogP contribution in [-0.4, -0.2) is 23.0 Å². The maximum Gasteiger partial charge on any atom is 0.233 e. The molecule has 0 radical (unpaired) electrons. The van der Waals surface area contributed by atoms with Gasteiger partial charge in [-0.15, -0.1) is 0 Å². The van der Waals surface area contributed by atoms with Crippen molar-refractivity contribution in [2.75, 3.05) is 12.0 Å². The number of anilines is 1. The Labute approximate surface area is 186 Å². The number of carbonyl (C=O) groups is 1. The van der Waals surface area contributed by atoms with Gasteiger partial charge in [0.05, 0.1) is 30.3 Å². The summed E-state index contributed by atoms with van der Waals surface area (Å²) in [5.41, 5.74) is 4.05. The van der Waals surface area contributed by atoms with Gasteiger partial charge in [-0.2, -0.15) is 0 Å². The maximum absolute atomic E-state index is 13.4. The number of fused-ring (bicyclic) bond motifs is 1. The van der Waals surface area contributed by atoms with Crippen molar-refractivity contribution < 1.29 is 9.53 Å². The summed E-state index contributed by atoms with van der Waals surface area (Å²) in [6.07, 6.45) is 3.84. The SMILES string of the molecule is COc1ccc2sc(N(Cc3cccnc3)C(=O)Cc3ccc(C(C)C)cc3)nc2c1. The topological polar surface area (TPSA) is 55.3 Å². The maximum atomic E-state index is 13.4. The second kappa shape index (κ2) is 9.27. The Kier molecular flexibility index (Phi) is 6.28. The molecule has 6 heteroatoms. The lowest BCUT2D eigenvalue weighted by Crippen LogP contribution is -2.31. The molecule has 2 aromatic heterocycles. The van der Waals surface area contributed by atoms with E-state index in [0.717, 1.165) is 27.1 Å². The molecule has 31 heavy (non-hydrogen) atoms. The number of amides is 1. The predicted octanol–water partition coefficient (Wildman–Crippen LogP) is 5.60. The molecule has 0 saturated carbocycles. The number of hydrogen-bond acceptors (Lipinski definition) is 5. The summed E-state index contributed by atoms with van der Waals surface area (Å²) in [6, 6.07) is 17.9. The van der Waals surface area contributed by atoms with Crippen LogP contribution in [0.5, 0.6) is 5.75 Å². The second-order valence-corrected chi connectivity index (χ2v) is 8.75. The van der Waals surface area contributed by atoms with Crippen molar-refractivity contribution in [2.45, 2.75) is 32.7 Å². The van der Waals surface area contributed by atoms with E-state index in [0.29, 0.717) is 24.0 Å². The molecule has 0 bridgehead atoms. The molecular weight excluding hydrogens is 406 g/mol. The van der Waals surface area contributed by atoms with E-state index in [1.807, 2.05) is 42.5 Å². The van der Waals surface area contributed by atoms with Gasteiger partial charge in [-0.3, -0.25) is 14.7 Å². The second-order valence-electron chi connectivity index (χ2n) is 7.74. The number of aromatic nitrogens is 2. The van der Waals surface area contributed by atoms with Crippen LogP contribution in [0.4, 0.5) is 5.13 Å². The van der Waals surface area contributed by atoms with Gasteiger partial charge in [-0.1, -0.05) is 55.5 Å². The van der Waals surface area contributed by atoms with Crippen molar-refractivity contribution in [3.63, 3.8) is 0 Å². The number of thiazole rings is 1. The predicted molar refractivity (Wildman–Crippen MR) is 126 cm³/mol. The molecule has 0 aliphatic carbocycles. The van der Waals surface area contributed by atoms with Crippen LogP contribution in [0.25, 0.3) is 10.2 Å². The molecule has 0 unspecified atom stereocenters. The van der Waals surface area contributed by atoms with Crippen LogP contribution in [0.2, 0.25) is 0 Å². The Bertz CT molecular complexity index is 1170. The van der Waals surface area contributed by atoms with E-state index in [2.05, 4.69) is 31.0 Å². The summed E-state index contributed by atoms with van der Waals surface area (Å²) in [6.45, 7) is 4.75. The first kappa shape index (κ1) is 21.0. The smallest absolute Gasteiger partial charge is 0.233 e. The van der Waals surface area contributed by atoms with E-state index < -0.39 is 0 Å². The summed E-state index contributed by atoms with van der Waals surface area (Å²) in [7, 11) is 1.64. The lowest BCUT2D eigenvalue weighted by molar-refractivity contribution is -0.118. The van der Waals surface area contributed by atoms with Gasteiger partial charge in [-0.25, -0.2) is 4.98 Å². The molecule has 0 spiro atoms. The monoisotopic (exact) mass is 431 g/mol. The molecule has 0 atom stereocenters. The van der Waals surface area contributed by atoms with Crippen LogP contribution in [0.3, 0.4) is 0 Å². The van der Waals surface area contributed by atoms with Crippen molar-refractivity contribution in [2.24, 2.45) is 0 Å². The molecule has 0 aliphatic rings. The number of rotatable bonds is 7. The van der Waals surface area contributed by atoms with E-state index >= 15 is 0 Å². The molecule has 4 aromatic rings. The van der Waals surface area contributed by atoms with Gasteiger partial charge in [0.1, 0.15) is 5.75 Å². The third-order valence-electron chi connectivity index (χ3n) is 5.18. The minimum Gasteiger partial charge on any atom is -0.497 e. The van der Waals surface area contributed by atoms with Crippen LogP contribution in [0.15, 0.2) is 67.0 Å². The van der Waals surface area contributed by atoms with E-state index in [4.69, 9.17) is 9.72 Å². The summed E-state index contributed by atoms with van der Waals surface area (Å²) < 4.78 is 6.33. The summed E-state index contributed by atoms with van der Waals surface area (Å²) in [5.74, 6) is 1.22. The Morgan fingerprint density at radius 3 is 2.58 bits per heavy atom. The number of benzene rings is 2. The van der Waals surface area contributed by atoms with Crippen molar-refractivity contribution in [3.05, 3.63) is 83.7 Å². The standard InChI is InChI=1S/C25H25N3O2S/c1-17(2)20-8-6-18(7-9-20)13-24(29)28(16-19-5-4-12-26-15-19)25-27-22-14-21(30-3)10-11-23(22)31-25/h4-12,14-15,17H,13,16H2,1-3H3. The van der Waals surface area contributed by atoms with Crippen LogP contribution in [-0.2, 0) is 17.8 Å². The number of carbonyl (C=O) groups excluding carboxylic acids is 1. The highest BCUT2D eigenvalue weighted by molar-refractivity contribution is 7.22. The van der Waals surface area contributed by atoms with Crippen molar-refractivity contribution in [1.29, 1.82) is 0 Å². The quantitative estimate of drug-likeness (QED) is 0.382. The molecule has 5 nitrogen and oxygen atoms in total. The minimum absolute atomic E-state index is 0.00664. The summed E-state index contributed by atoms with van der Waals surface area (Å²) >= 11 is 1.51. The van der Waals surface area contributed by atoms with Gasteiger partial charge in [-0.05, 0) is 40.8 Å². The highest BCUT2D eigenvalue weighted by Crippen LogP contribution is 2.32. The molecule has 158 valence electrons. The Morgan fingerprint density at radius 2 is 1.90 bits per heavy atom. The van der Waals surface area contributed by atoms with E-state index in [9.17, 15) is 4.79 Å². The molecule has 2 aromatic carbocycles. The molecule has 4 rings (SSSR count). The fourth-order valence-electron chi connectivity index (χ4n) is 3.36. The first-order valence-corrected chi connectivity index (χ1v) is 11.1. The first-order valence-electron chi connectivity index (χ1n) is 10.3. The number of methoxy groups -OCH3 is 1. The largest absolute Gasteiger partial charge is 0.497 e. The van der Waals surface area contributed by atoms with Gasteiger partial charge in [0.2, 0.25) is 5.91 Å². The zero-order valence-corrected chi connectivity index (χ0v) is 18.7. The zero-order valence-electron chi connectivity index (χ0n) is 17.9.